The number of hydrogen-bond acceptors (Lipinski definition) is 7. The number of carbonyl (C=O) groups is 1. The van der Waals surface area contributed by atoms with E-state index in [1.54, 1.807) is 48.5 Å². The van der Waals surface area contributed by atoms with Gasteiger partial charge in [0.05, 0.1) is 22.0 Å². The number of carbonyl (C=O) groups excluding carboxylic acids is 1. The number of benzene rings is 3. The number of aromatic nitrogens is 2. The van der Waals surface area contributed by atoms with Crippen LogP contribution in [0.4, 0.5) is 11.4 Å². The van der Waals surface area contributed by atoms with Crippen LogP contribution in [-0.4, -0.2) is 33.3 Å². The van der Waals surface area contributed by atoms with Crippen LogP contribution < -0.4 is 15.6 Å². The summed E-state index contributed by atoms with van der Waals surface area (Å²) in [4.78, 5) is 41.6. The molecule has 0 aliphatic rings. The molecule has 0 spiro atoms. The van der Waals surface area contributed by atoms with Gasteiger partial charge in [0.15, 0.2) is 6.61 Å². The first-order valence-corrected chi connectivity index (χ1v) is 13.1. The predicted molar refractivity (Wildman–Crippen MR) is 154 cm³/mol. The second-order valence-electron chi connectivity index (χ2n) is 8.60. The van der Waals surface area contributed by atoms with Gasteiger partial charge in [0, 0.05) is 32.7 Å². The molecule has 0 aliphatic heterocycles. The molecular weight excluding hydrogens is 590 g/mol. The van der Waals surface area contributed by atoms with E-state index in [0.29, 0.717) is 38.3 Å². The molecule has 0 aliphatic carbocycles. The summed E-state index contributed by atoms with van der Waals surface area (Å²) in [7, 11) is 0. The topological polar surface area (TPSA) is 129 Å². The lowest BCUT2D eigenvalue weighted by atomic mass is 10.1. The predicted octanol–water partition coefficient (Wildman–Crippen LogP) is 6.13. The van der Waals surface area contributed by atoms with Crippen molar-refractivity contribution in [1.29, 1.82) is 0 Å². The molecule has 0 radical (unpaired) electrons. The minimum absolute atomic E-state index is 0.0970. The van der Waals surface area contributed by atoms with Crippen molar-refractivity contribution in [1.82, 2.24) is 9.66 Å². The van der Waals surface area contributed by atoms with E-state index in [9.17, 15) is 19.7 Å². The van der Waals surface area contributed by atoms with E-state index in [0.717, 1.165) is 0 Å². The highest BCUT2D eigenvalue weighted by Crippen LogP contribution is 2.30. The molecule has 4 rings (SSSR count). The molecule has 0 saturated heterocycles. The van der Waals surface area contributed by atoms with Gasteiger partial charge in [-0.2, -0.15) is 9.78 Å². The quantitative estimate of drug-likeness (QED) is 0.137. The van der Waals surface area contributed by atoms with E-state index in [-0.39, 0.29) is 28.5 Å². The number of amides is 1. The summed E-state index contributed by atoms with van der Waals surface area (Å²) in [5.74, 6) is -0.339. The van der Waals surface area contributed by atoms with Crippen molar-refractivity contribution in [3.05, 3.63) is 102 Å². The van der Waals surface area contributed by atoms with Crippen LogP contribution in [0.25, 0.3) is 10.9 Å². The number of ether oxygens (including phenoxy) is 1. The maximum Gasteiger partial charge on any atom is 0.311 e. The SMILES string of the molecule is CC[C@@H](C)c1nc2ccc(Br)cc2c(=O)n1N=Cc1cccc([N+](=O)[O-])c1OCC(=O)Nc1ccc(Cl)cc1. The van der Waals surface area contributed by atoms with Gasteiger partial charge in [-0.05, 0) is 55.0 Å². The summed E-state index contributed by atoms with van der Waals surface area (Å²) in [6.07, 6.45) is 2.00. The van der Waals surface area contributed by atoms with Crippen LogP contribution in [0.1, 0.15) is 37.6 Å². The maximum atomic E-state index is 13.4. The van der Waals surface area contributed by atoms with E-state index >= 15 is 0 Å². The molecule has 39 heavy (non-hydrogen) atoms. The van der Waals surface area contributed by atoms with E-state index in [4.69, 9.17) is 16.3 Å². The number of hydrogen-bond donors (Lipinski definition) is 1. The normalized spacial score (nSPS) is 12.0. The fourth-order valence-corrected chi connectivity index (χ4v) is 4.20. The van der Waals surface area contributed by atoms with E-state index in [1.807, 2.05) is 13.8 Å². The summed E-state index contributed by atoms with van der Waals surface area (Å²) < 4.78 is 7.52. The zero-order valence-electron chi connectivity index (χ0n) is 20.9. The molecule has 1 aromatic heterocycles. The smallest absolute Gasteiger partial charge is 0.311 e. The van der Waals surface area contributed by atoms with Gasteiger partial charge in [-0.3, -0.25) is 19.7 Å². The van der Waals surface area contributed by atoms with Crippen molar-refractivity contribution in [2.75, 3.05) is 11.9 Å². The van der Waals surface area contributed by atoms with Crippen LogP contribution in [0.3, 0.4) is 0 Å². The van der Waals surface area contributed by atoms with Crippen LogP contribution >= 0.6 is 27.5 Å². The summed E-state index contributed by atoms with van der Waals surface area (Å²) >= 11 is 9.25. The number of nitrogens with one attached hydrogen (secondary N) is 1. The number of nitro groups is 1. The highest BCUT2D eigenvalue weighted by molar-refractivity contribution is 9.10. The Balaban J connectivity index is 1.70. The van der Waals surface area contributed by atoms with Gasteiger partial charge in [-0.25, -0.2) is 4.98 Å². The lowest BCUT2D eigenvalue weighted by Crippen LogP contribution is -2.24. The minimum atomic E-state index is -0.615. The van der Waals surface area contributed by atoms with Crippen molar-refractivity contribution in [2.24, 2.45) is 5.10 Å². The molecule has 3 aromatic carbocycles. The standard InChI is InChI=1S/C27H23BrClN5O5/c1-3-16(2)26-32-22-12-7-18(28)13-21(22)27(36)33(26)30-14-17-5-4-6-23(34(37)38)25(17)39-15-24(35)31-20-10-8-19(29)9-11-20/h4-14,16H,3,15H2,1-2H3,(H,31,35)/t16-/m1/s1. The molecule has 1 heterocycles. The van der Waals surface area contributed by atoms with Gasteiger partial charge >= 0.3 is 5.69 Å². The number of fused-ring (bicyclic) bond motifs is 1. The molecule has 0 bridgehead atoms. The molecule has 200 valence electrons. The fourth-order valence-electron chi connectivity index (χ4n) is 3.71. The lowest BCUT2D eigenvalue weighted by Gasteiger charge is -2.14. The Kier molecular flexibility index (Phi) is 8.72. The largest absolute Gasteiger partial charge is 0.476 e. The third-order valence-corrected chi connectivity index (χ3v) is 6.64. The van der Waals surface area contributed by atoms with Gasteiger partial charge in [0.2, 0.25) is 5.75 Å². The van der Waals surface area contributed by atoms with Gasteiger partial charge in [0.25, 0.3) is 11.5 Å². The third kappa shape index (κ3) is 6.50. The summed E-state index contributed by atoms with van der Waals surface area (Å²) in [6.45, 7) is 3.40. The number of nitro benzene ring substituents is 1. The number of rotatable bonds is 9. The van der Waals surface area contributed by atoms with Crippen molar-refractivity contribution < 1.29 is 14.5 Å². The first-order valence-electron chi connectivity index (χ1n) is 11.9. The molecule has 12 heteroatoms. The molecule has 0 fully saturated rings. The van der Waals surface area contributed by atoms with Crippen molar-refractivity contribution in [3.8, 4) is 5.75 Å². The zero-order valence-corrected chi connectivity index (χ0v) is 23.3. The van der Waals surface area contributed by atoms with Gasteiger partial charge in [-0.1, -0.05) is 47.4 Å². The number of anilines is 1. The zero-order chi connectivity index (χ0) is 28.1. The molecule has 0 saturated carbocycles. The molecule has 10 nitrogen and oxygen atoms in total. The van der Waals surface area contributed by atoms with Crippen LogP contribution in [0, 0.1) is 10.1 Å². The summed E-state index contributed by atoms with van der Waals surface area (Å²) in [6, 6.07) is 16.0. The third-order valence-electron chi connectivity index (χ3n) is 5.90. The van der Waals surface area contributed by atoms with Crippen LogP contribution in [0.2, 0.25) is 5.02 Å². The number of nitrogens with zero attached hydrogens (tertiary/aromatic N) is 4. The minimum Gasteiger partial charge on any atom is -0.476 e. The van der Waals surface area contributed by atoms with E-state index in [1.165, 1.54) is 23.0 Å². The molecule has 1 atom stereocenters. The molecular formula is C27H23BrClN5O5. The number of para-hydroxylation sites is 1. The molecule has 1 amide bonds. The Hall–Kier alpha value is -4.09. The monoisotopic (exact) mass is 611 g/mol. The van der Waals surface area contributed by atoms with Gasteiger partial charge in [-0.15, -0.1) is 0 Å². The van der Waals surface area contributed by atoms with E-state index < -0.39 is 17.4 Å². The first kappa shape index (κ1) is 27.9. The van der Waals surface area contributed by atoms with Crippen LogP contribution in [0.15, 0.2) is 75.0 Å². The van der Waals surface area contributed by atoms with Crippen molar-refractivity contribution in [2.45, 2.75) is 26.2 Å². The average molecular weight is 613 g/mol. The molecule has 4 aromatic rings. The first-order chi connectivity index (χ1) is 18.7. The number of halogens is 2. The average Bonchev–Trinajstić information content (AvgIpc) is 2.92. The van der Waals surface area contributed by atoms with E-state index in [2.05, 4.69) is 31.3 Å². The molecule has 1 N–H and O–H groups in total. The molecule has 0 unspecified atom stereocenters. The Morgan fingerprint density at radius 2 is 2.00 bits per heavy atom. The Labute approximate surface area is 236 Å². The second kappa shape index (κ2) is 12.2. The van der Waals surface area contributed by atoms with Crippen molar-refractivity contribution in [3.63, 3.8) is 0 Å². The summed E-state index contributed by atoms with van der Waals surface area (Å²) in [5.41, 5.74) is 0.497. The summed E-state index contributed by atoms with van der Waals surface area (Å²) in [5, 5.41) is 19.6. The Bertz CT molecular complexity index is 1640. The second-order valence-corrected chi connectivity index (χ2v) is 9.95. The Morgan fingerprint density at radius 1 is 1.26 bits per heavy atom. The lowest BCUT2D eigenvalue weighted by molar-refractivity contribution is -0.385. The fraction of sp³-hybridized carbons (Fsp3) is 0.185. The highest BCUT2D eigenvalue weighted by Gasteiger charge is 2.21. The highest BCUT2D eigenvalue weighted by atomic mass is 79.9. The van der Waals surface area contributed by atoms with Gasteiger partial charge < -0.3 is 10.1 Å². The Morgan fingerprint density at radius 3 is 2.69 bits per heavy atom. The maximum absolute atomic E-state index is 13.4. The van der Waals surface area contributed by atoms with Crippen LogP contribution in [0.5, 0.6) is 5.75 Å². The van der Waals surface area contributed by atoms with Crippen molar-refractivity contribution >= 4 is 61.9 Å². The van der Waals surface area contributed by atoms with Crippen LogP contribution in [-0.2, 0) is 4.79 Å². The van der Waals surface area contributed by atoms with Gasteiger partial charge in [0.1, 0.15) is 5.82 Å².